The van der Waals surface area contributed by atoms with Gasteiger partial charge in [-0.05, 0) is 5.53 Å². The van der Waals surface area contributed by atoms with Crippen LogP contribution in [-0.2, 0) is 9.53 Å². The highest BCUT2D eigenvalue weighted by Gasteiger charge is 2.54. The van der Waals surface area contributed by atoms with E-state index in [-0.39, 0.29) is 6.61 Å². The van der Waals surface area contributed by atoms with Gasteiger partial charge in [0.1, 0.15) is 6.61 Å². The first kappa shape index (κ1) is 8.73. The lowest BCUT2D eigenvalue weighted by molar-refractivity contribution is -0.159. The average Bonchev–Trinajstić information content (AvgIpc) is 2.25. The minimum Gasteiger partial charge on any atom is -0.461 e. The van der Waals surface area contributed by atoms with Crippen molar-refractivity contribution in [2.24, 2.45) is 11.0 Å². The summed E-state index contributed by atoms with van der Waals surface area (Å²) in [6.07, 6.45) is 0. The normalized spacial score (nSPS) is 26.2. The van der Waals surface area contributed by atoms with Crippen LogP contribution in [0.25, 0.3) is 10.4 Å². The van der Waals surface area contributed by atoms with Crippen LogP contribution in [0.4, 0.5) is 8.78 Å². The maximum Gasteiger partial charge on any atom is 0.377 e. The predicted octanol–water partition coefficient (Wildman–Crippen LogP) is 1.10. The van der Waals surface area contributed by atoms with Gasteiger partial charge in [0.15, 0.2) is 0 Å². The lowest BCUT2D eigenvalue weighted by Crippen LogP contribution is -2.32. The average molecular weight is 177 g/mol. The van der Waals surface area contributed by atoms with E-state index in [0.717, 1.165) is 0 Å². The molecule has 12 heavy (non-hydrogen) atoms. The number of cyclic esters (lactones) is 1. The number of esters is 1. The highest BCUT2D eigenvalue weighted by Crippen LogP contribution is 2.32. The molecule has 1 heterocycles. The Morgan fingerprint density at radius 2 is 2.50 bits per heavy atom. The number of alkyl halides is 2. The van der Waals surface area contributed by atoms with Crippen molar-refractivity contribution in [3.63, 3.8) is 0 Å². The molecular formula is C5H5F2N3O2. The highest BCUT2D eigenvalue weighted by atomic mass is 19.3. The minimum absolute atomic E-state index is 0.384. The fourth-order valence-corrected chi connectivity index (χ4v) is 0.846. The van der Waals surface area contributed by atoms with Gasteiger partial charge < -0.3 is 4.74 Å². The predicted molar refractivity (Wildman–Crippen MR) is 33.4 cm³/mol. The molecule has 0 unspecified atom stereocenters. The molecule has 0 aromatic carbocycles. The molecular weight excluding hydrogens is 172 g/mol. The Labute approximate surface area is 65.9 Å². The Kier molecular flexibility index (Phi) is 2.14. The van der Waals surface area contributed by atoms with Crippen LogP contribution in [-0.4, -0.2) is 25.0 Å². The Hall–Kier alpha value is -1.36. The van der Waals surface area contributed by atoms with E-state index in [9.17, 15) is 13.6 Å². The molecule has 0 saturated carbocycles. The number of azide groups is 1. The summed E-state index contributed by atoms with van der Waals surface area (Å²) < 4.78 is 29.4. The van der Waals surface area contributed by atoms with E-state index >= 15 is 0 Å². The van der Waals surface area contributed by atoms with Gasteiger partial charge in [0, 0.05) is 11.5 Å². The van der Waals surface area contributed by atoms with Gasteiger partial charge in [-0.1, -0.05) is 5.11 Å². The molecule has 0 amide bonds. The van der Waals surface area contributed by atoms with Crippen LogP contribution in [0.1, 0.15) is 0 Å². The van der Waals surface area contributed by atoms with Gasteiger partial charge in [-0.25, -0.2) is 4.79 Å². The molecule has 0 aliphatic carbocycles. The molecule has 5 nitrogen and oxygen atoms in total. The van der Waals surface area contributed by atoms with Crippen molar-refractivity contribution in [1.82, 2.24) is 0 Å². The summed E-state index contributed by atoms with van der Waals surface area (Å²) in [5.41, 5.74) is 7.85. The number of halogens is 2. The second-order valence-electron chi connectivity index (χ2n) is 2.33. The topological polar surface area (TPSA) is 75.1 Å². The van der Waals surface area contributed by atoms with Crippen LogP contribution < -0.4 is 0 Å². The van der Waals surface area contributed by atoms with Crippen molar-refractivity contribution in [3.05, 3.63) is 10.4 Å². The number of hydrogen-bond donors (Lipinski definition) is 0. The quantitative estimate of drug-likeness (QED) is 0.274. The first-order chi connectivity index (χ1) is 5.59. The molecule has 0 radical (unpaired) electrons. The van der Waals surface area contributed by atoms with Gasteiger partial charge in [0.2, 0.25) is 0 Å². The van der Waals surface area contributed by atoms with E-state index in [1.54, 1.807) is 0 Å². The van der Waals surface area contributed by atoms with Crippen molar-refractivity contribution in [2.45, 2.75) is 5.92 Å². The zero-order valence-corrected chi connectivity index (χ0v) is 5.91. The van der Waals surface area contributed by atoms with E-state index in [1.807, 2.05) is 0 Å². The number of ether oxygens (including phenoxy) is 1. The zero-order chi connectivity index (χ0) is 9.19. The second-order valence-corrected chi connectivity index (χ2v) is 2.33. The summed E-state index contributed by atoms with van der Waals surface area (Å²) in [6, 6.07) is 0. The smallest absolute Gasteiger partial charge is 0.377 e. The molecule has 1 aliphatic rings. The third kappa shape index (κ3) is 1.31. The molecule has 1 rings (SSSR count). The van der Waals surface area contributed by atoms with Gasteiger partial charge in [-0.15, -0.1) is 0 Å². The maximum atomic E-state index is 12.7. The first-order valence-corrected chi connectivity index (χ1v) is 3.15. The Balaban J connectivity index is 2.68. The minimum atomic E-state index is -3.51. The molecule has 0 aromatic heterocycles. The van der Waals surface area contributed by atoms with Crippen molar-refractivity contribution in [1.29, 1.82) is 0 Å². The Bertz CT molecular complexity index is 249. The van der Waals surface area contributed by atoms with E-state index in [1.165, 1.54) is 0 Å². The van der Waals surface area contributed by atoms with Crippen LogP contribution in [0.5, 0.6) is 0 Å². The molecule has 0 spiro atoms. The molecule has 1 atom stereocenters. The Morgan fingerprint density at radius 1 is 1.83 bits per heavy atom. The third-order valence-corrected chi connectivity index (χ3v) is 1.57. The largest absolute Gasteiger partial charge is 0.461 e. The monoisotopic (exact) mass is 177 g/mol. The van der Waals surface area contributed by atoms with Gasteiger partial charge >= 0.3 is 11.9 Å². The molecule has 1 aliphatic heterocycles. The summed E-state index contributed by atoms with van der Waals surface area (Å²) in [7, 11) is 0. The standard InChI is InChI=1S/C5H5F2N3O2/c6-5(7)3(1-9-10-8)2-12-4(5)11/h3H,1-2H2/t3-/m1/s1. The fraction of sp³-hybridized carbons (Fsp3) is 0.800. The number of rotatable bonds is 2. The van der Waals surface area contributed by atoms with Gasteiger partial charge in [-0.3, -0.25) is 0 Å². The van der Waals surface area contributed by atoms with Crippen LogP contribution in [0.15, 0.2) is 5.11 Å². The van der Waals surface area contributed by atoms with Crippen molar-refractivity contribution < 1.29 is 18.3 Å². The van der Waals surface area contributed by atoms with Gasteiger partial charge in [0.05, 0.1) is 5.92 Å². The lowest BCUT2D eigenvalue weighted by Gasteiger charge is -2.09. The van der Waals surface area contributed by atoms with E-state index in [0.29, 0.717) is 0 Å². The second kappa shape index (κ2) is 2.94. The maximum absolute atomic E-state index is 12.7. The number of carbonyl (C=O) groups excluding carboxylic acids is 1. The molecule has 0 N–H and O–H groups in total. The molecule has 0 aromatic rings. The summed E-state index contributed by atoms with van der Waals surface area (Å²) >= 11 is 0. The third-order valence-electron chi connectivity index (χ3n) is 1.57. The first-order valence-electron chi connectivity index (χ1n) is 3.15. The highest BCUT2D eigenvalue weighted by molar-refractivity contribution is 5.79. The van der Waals surface area contributed by atoms with Crippen LogP contribution in [0, 0.1) is 5.92 Å². The number of carbonyl (C=O) groups is 1. The van der Waals surface area contributed by atoms with Crippen LogP contribution in [0.3, 0.4) is 0 Å². The lowest BCUT2D eigenvalue weighted by atomic mass is 10.1. The van der Waals surface area contributed by atoms with Crippen molar-refractivity contribution in [2.75, 3.05) is 13.2 Å². The molecule has 1 saturated heterocycles. The summed E-state index contributed by atoms with van der Waals surface area (Å²) in [4.78, 5) is 12.7. The molecule has 1 fully saturated rings. The molecule has 66 valence electrons. The number of hydrogen-bond acceptors (Lipinski definition) is 3. The zero-order valence-electron chi connectivity index (χ0n) is 5.91. The summed E-state index contributed by atoms with van der Waals surface area (Å²) in [5, 5.41) is 2.95. The Morgan fingerprint density at radius 3 is 2.92 bits per heavy atom. The fourth-order valence-electron chi connectivity index (χ4n) is 0.846. The van der Waals surface area contributed by atoms with Crippen LogP contribution in [0.2, 0.25) is 0 Å². The van der Waals surface area contributed by atoms with Gasteiger partial charge in [-0.2, -0.15) is 8.78 Å². The van der Waals surface area contributed by atoms with Crippen molar-refractivity contribution >= 4 is 5.97 Å². The summed E-state index contributed by atoms with van der Waals surface area (Å²) in [6.45, 7) is -0.805. The van der Waals surface area contributed by atoms with E-state index in [4.69, 9.17) is 5.53 Å². The summed E-state index contributed by atoms with van der Waals surface area (Å²) in [5.74, 6) is -6.37. The van der Waals surface area contributed by atoms with Gasteiger partial charge in [0.25, 0.3) is 0 Å². The number of nitrogens with zero attached hydrogens (tertiary/aromatic N) is 3. The van der Waals surface area contributed by atoms with Crippen molar-refractivity contribution in [3.8, 4) is 0 Å². The van der Waals surface area contributed by atoms with E-state index < -0.39 is 24.4 Å². The molecule has 0 bridgehead atoms. The SMILES string of the molecule is [N-]=[N+]=NC[C@@H]1COC(=O)C1(F)F. The van der Waals surface area contributed by atoms with E-state index in [2.05, 4.69) is 14.8 Å². The molecule has 7 heteroatoms. The van der Waals surface area contributed by atoms with Crippen LogP contribution >= 0.6 is 0 Å².